The Morgan fingerprint density at radius 1 is 1.17 bits per heavy atom. The summed E-state index contributed by atoms with van der Waals surface area (Å²) in [5, 5.41) is 2.63. The molecule has 7 nitrogen and oxygen atoms in total. The zero-order valence-electron chi connectivity index (χ0n) is 15.5. The van der Waals surface area contributed by atoms with E-state index in [1.165, 1.54) is 25.3 Å². The van der Waals surface area contributed by atoms with Crippen molar-refractivity contribution in [3.63, 3.8) is 0 Å². The average Bonchev–Trinajstić information content (AvgIpc) is 2.68. The fourth-order valence-corrected chi connectivity index (χ4v) is 3.46. The molecule has 0 spiro atoms. The monoisotopic (exact) mass is 478 g/mol. The Morgan fingerprint density at radius 2 is 1.86 bits per heavy atom. The number of halogens is 2. The lowest BCUT2D eigenvalue weighted by Gasteiger charge is -2.26. The summed E-state index contributed by atoms with van der Waals surface area (Å²) in [4.78, 5) is 38.4. The average molecular weight is 480 g/mol. The summed E-state index contributed by atoms with van der Waals surface area (Å²) in [7, 11) is 1.49. The van der Waals surface area contributed by atoms with Crippen molar-refractivity contribution in [1.82, 2.24) is 5.32 Å². The van der Waals surface area contributed by atoms with Crippen molar-refractivity contribution in [2.45, 2.75) is 6.92 Å². The maximum Gasteiger partial charge on any atom is 0.335 e. The molecule has 1 N–H and O–H groups in total. The molecule has 2 aromatic rings. The van der Waals surface area contributed by atoms with Gasteiger partial charge < -0.3 is 9.47 Å². The van der Waals surface area contributed by atoms with Crippen LogP contribution in [0.2, 0.25) is 5.02 Å². The highest BCUT2D eigenvalue weighted by Gasteiger charge is 2.36. The molecule has 0 aromatic heterocycles. The summed E-state index contributed by atoms with van der Waals surface area (Å²) in [5.41, 5.74) is 0.611. The first kappa shape index (κ1) is 20.9. The fourth-order valence-electron chi connectivity index (χ4n) is 2.76. The number of methoxy groups -OCH3 is 1. The number of hydrogen-bond acceptors (Lipinski definition) is 5. The van der Waals surface area contributed by atoms with Gasteiger partial charge in [-0.2, -0.15) is 0 Å². The molecule has 1 saturated heterocycles. The molecule has 0 unspecified atom stereocenters. The van der Waals surface area contributed by atoms with Gasteiger partial charge in [0.2, 0.25) is 0 Å². The van der Waals surface area contributed by atoms with Crippen molar-refractivity contribution in [2.75, 3.05) is 18.6 Å². The van der Waals surface area contributed by atoms with E-state index in [0.29, 0.717) is 38.9 Å². The van der Waals surface area contributed by atoms with E-state index in [0.717, 1.165) is 4.90 Å². The number of ether oxygens (including phenoxy) is 2. The van der Waals surface area contributed by atoms with E-state index in [2.05, 4.69) is 21.2 Å². The highest BCUT2D eigenvalue weighted by molar-refractivity contribution is 9.10. The first-order chi connectivity index (χ1) is 13.8. The number of benzene rings is 2. The zero-order valence-corrected chi connectivity index (χ0v) is 17.8. The second-order valence-corrected chi connectivity index (χ2v) is 7.19. The molecule has 1 fully saturated rings. The Labute approximate surface area is 180 Å². The van der Waals surface area contributed by atoms with Crippen LogP contribution in [0, 0.1) is 0 Å². The molecule has 0 bridgehead atoms. The van der Waals surface area contributed by atoms with Gasteiger partial charge in [0.25, 0.3) is 11.8 Å². The van der Waals surface area contributed by atoms with Crippen LogP contribution in [0.3, 0.4) is 0 Å². The summed E-state index contributed by atoms with van der Waals surface area (Å²) >= 11 is 9.27. The smallest absolute Gasteiger partial charge is 0.335 e. The Hall–Kier alpha value is -2.84. The van der Waals surface area contributed by atoms with Gasteiger partial charge in [0.1, 0.15) is 5.57 Å². The van der Waals surface area contributed by atoms with E-state index in [1.54, 1.807) is 24.3 Å². The second-order valence-electron chi connectivity index (χ2n) is 5.90. The van der Waals surface area contributed by atoms with E-state index in [-0.39, 0.29) is 5.57 Å². The van der Waals surface area contributed by atoms with Gasteiger partial charge >= 0.3 is 6.03 Å². The summed E-state index contributed by atoms with van der Waals surface area (Å²) in [6, 6.07) is 8.62. The van der Waals surface area contributed by atoms with Crippen LogP contribution >= 0.6 is 27.5 Å². The lowest BCUT2D eigenvalue weighted by Crippen LogP contribution is -2.54. The summed E-state index contributed by atoms with van der Waals surface area (Å²) < 4.78 is 11.5. The highest BCUT2D eigenvalue weighted by atomic mass is 79.9. The number of carbonyl (C=O) groups excluding carboxylic acids is 3. The van der Waals surface area contributed by atoms with Crippen molar-refractivity contribution in [2.24, 2.45) is 0 Å². The van der Waals surface area contributed by atoms with Crippen LogP contribution in [0.5, 0.6) is 11.5 Å². The van der Waals surface area contributed by atoms with Gasteiger partial charge in [0.05, 0.1) is 23.9 Å². The number of barbiturate groups is 1. The van der Waals surface area contributed by atoms with Gasteiger partial charge in [-0.15, -0.1) is 0 Å². The number of rotatable bonds is 5. The summed E-state index contributed by atoms with van der Waals surface area (Å²) in [5.74, 6) is -0.587. The van der Waals surface area contributed by atoms with Crippen LogP contribution in [-0.4, -0.2) is 31.6 Å². The molecule has 2 aromatic carbocycles. The number of imide groups is 2. The molecule has 9 heteroatoms. The molecule has 0 saturated carbocycles. The SMILES string of the molecule is CCOc1c(Br)cc(C=C2C(=O)NC(=O)N(c3ccc(Cl)cc3)C2=O)cc1OC. The van der Waals surface area contributed by atoms with Crippen molar-refractivity contribution < 1.29 is 23.9 Å². The number of urea groups is 1. The fraction of sp³-hybridized carbons (Fsp3) is 0.150. The molecule has 1 heterocycles. The van der Waals surface area contributed by atoms with Crippen LogP contribution < -0.4 is 19.7 Å². The second kappa shape index (κ2) is 8.67. The van der Waals surface area contributed by atoms with Gasteiger partial charge in [-0.05, 0) is 70.9 Å². The minimum atomic E-state index is -0.829. The third-order valence-electron chi connectivity index (χ3n) is 4.04. The van der Waals surface area contributed by atoms with E-state index in [4.69, 9.17) is 21.1 Å². The molecular formula is C20H16BrClN2O5. The maximum absolute atomic E-state index is 12.9. The van der Waals surface area contributed by atoms with Gasteiger partial charge in [-0.25, -0.2) is 9.69 Å². The predicted octanol–water partition coefficient (Wildman–Crippen LogP) is 4.18. The first-order valence-corrected chi connectivity index (χ1v) is 9.70. The van der Waals surface area contributed by atoms with Crippen molar-refractivity contribution in [1.29, 1.82) is 0 Å². The van der Waals surface area contributed by atoms with E-state index < -0.39 is 17.8 Å². The molecule has 29 heavy (non-hydrogen) atoms. The number of nitrogens with zero attached hydrogens (tertiary/aromatic N) is 1. The molecule has 150 valence electrons. The maximum atomic E-state index is 12.9. The Balaban J connectivity index is 2.02. The molecule has 4 amide bonds. The molecule has 0 radical (unpaired) electrons. The van der Waals surface area contributed by atoms with Gasteiger partial charge in [0, 0.05) is 5.02 Å². The van der Waals surface area contributed by atoms with E-state index >= 15 is 0 Å². The van der Waals surface area contributed by atoms with Crippen LogP contribution in [0.4, 0.5) is 10.5 Å². The lowest BCUT2D eigenvalue weighted by molar-refractivity contribution is -0.122. The molecule has 1 aliphatic rings. The summed E-state index contributed by atoms with van der Waals surface area (Å²) in [6.45, 7) is 2.28. The Morgan fingerprint density at radius 3 is 2.48 bits per heavy atom. The first-order valence-electron chi connectivity index (χ1n) is 8.53. The van der Waals surface area contributed by atoms with Crippen molar-refractivity contribution in [3.8, 4) is 11.5 Å². The highest BCUT2D eigenvalue weighted by Crippen LogP contribution is 2.37. The largest absolute Gasteiger partial charge is 0.493 e. The van der Waals surface area contributed by atoms with Gasteiger partial charge in [0.15, 0.2) is 11.5 Å². The standard InChI is InChI=1S/C20H16BrClN2O5/c1-3-29-17-15(21)9-11(10-16(17)28-2)8-14-18(25)23-20(27)24(19(14)26)13-6-4-12(22)5-7-13/h4-10H,3H2,1-2H3,(H,23,25,27). The predicted molar refractivity (Wildman–Crippen MR) is 112 cm³/mol. The molecule has 1 aliphatic heterocycles. The van der Waals surface area contributed by atoms with Crippen LogP contribution in [0.1, 0.15) is 12.5 Å². The molecule has 0 aliphatic carbocycles. The van der Waals surface area contributed by atoms with Crippen LogP contribution in [0.15, 0.2) is 46.4 Å². The molecular weight excluding hydrogens is 464 g/mol. The molecule has 0 atom stereocenters. The van der Waals surface area contributed by atoms with Gasteiger partial charge in [-0.1, -0.05) is 11.6 Å². The quantitative estimate of drug-likeness (QED) is 0.514. The third-order valence-corrected chi connectivity index (χ3v) is 4.88. The van der Waals surface area contributed by atoms with Crippen LogP contribution in [0.25, 0.3) is 6.08 Å². The van der Waals surface area contributed by atoms with Crippen LogP contribution in [-0.2, 0) is 9.59 Å². The normalized spacial score (nSPS) is 15.5. The minimum absolute atomic E-state index is 0.197. The van der Waals surface area contributed by atoms with Crippen molar-refractivity contribution in [3.05, 3.63) is 57.0 Å². The number of hydrogen-bond donors (Lipinski definition) is 1. The number of amides is 4. The number of anilines is 1. The summed E-state index contributed by atoms with van der Waals surface area (Å²) in [6.07, 6.45) is 1.38. The number of nitrogens with one attached hydrogen (secondary N) is 1. The number of carbonyl (C=O) groups is 3. The Kier molecular flexibility index (Phi) is 6.24. The third kappa shape index (κ3) is 4.28. The lowest BCUT2D eigenvalue weighted by atomic mass is 10.1. The topological polar surface area (TPSA) is 84.9 Å². The van der Waals surface area contributed by atoms with E-state index in [1.807, 2.05) is 6.92 Å². The zero-order chi connectivity index (χ0) is 21.1. The molecule has 3 rings (SSSR count). The Bertz CT molecular complexity index is 1020. The van der Waals surface area contributed by atoms with E-state index in [9.17, 15) is 14.4 Å². The van der Waals surface area contributed by atoms with Gasteiger partial charge in [-0.3, -0.25) is 14.9 Å². The minimum Gasteiger partial charge on any atom is -0.493 e. The van der Waals surface area contributed by atoms with Crippen molar-refractivity contribution >= 4 is 57.1 Å².